The van der Waals surface area contributed by atoms with Gasteiger partial charge >= 0.3 is 0 Å². The molecule has 0 spiro atoms. The summed E-state index contributed by atoms with van der Waals surface area (Å²) in [6.45, 7) is 6.72. The summed E-state index contributed by atoms with van der Waals surface area (Å²) in [5, 5.41) is 13.3. The number of phenols is 1. The van der Waals surface area contributed by atoms with E-state index in [0.717, 1.165) is 16.8 Å². The molecule has 0 aromatic heterocycles. The Kier molecular flexibility index (Phi) is 3.44. The zero-order valence-electron chi connectivity index (χ0n) is 13.2. The first-order chi connectivity index (χ1) is 10.4. The fourth-order valence-corrected chi connectivity index (χ4v) is 3.01. The molecule has 1 atom stereocenters. The van der Waals surface area contributed by atoms with Crippen molar-refractivity contribution in [2.24, 2.45) is 0 Å². The second-order valence-corrected chi connectivity index (χ2v) is 6.87. The lowest BCUT2D eigenvalue weighted by Gasteiger charge is -2.21. The minimum absolute atomic E-state index is 0.1000. The Labute approximate surface area is 131 Å². The van der Waals surface area contributed by atoms with Crippen LogP contribution in [-0.4, -0.2) is 17.4 Å². The van der Waals surface area contributed by atoms with Gasteiger partial charge in [-0.25, -0.2) is 0 Å². The highest BCUT2D eigenvalue weighted by molar-refractivity contribution is 6.03. The van der Waals surface area contributed by atoms with Crippen LogP contribution in [0.5, 0.6) is 5.75 Å². The van der Waals surface area contributed by atoms with E-state index in [4.69, 9.17) is 0 Å². The van der Waals surface area contributed by atoms with Crippen molar-refractivity contribution in [2.75, 3.05) is 11.9 Å². The van der Waals surface area contributed by atoms with E-state index in [1.807, 2.05) is 51.1 Å². The van der Waals surface area contributed by atoms with Crippen molar-refractivity contribution in [3.05, 3.63) is 59.2 Å². The highest BCUT2D eigenvalue weighted by atomic mass is 16.3. The number of Topliss-reactive ketones (excluding diaryl/α,β-unsaturated/α-hetero) is 1. The Hall–Kier alpha value is -2.29. The Balaban J connectivity index is 1.98. The van der Waals surface area contributed by atoms with E-state index in [1.165, 1.54) is 0 Å². The molecule has 1 aliphatic heterocycles. The van der Waals surface area contributed by atoms with Gasteiger partial charge in [-0.05, 0) is 40.8 Å². The lowest BCUT2D eigenvalue weighted by atomic mass is 9.83. The number of hydrogen-bond acceptors (Lipinski definition) is 3. The predicted molar refractivity (Wildman–Crippen MR) is 88.8 cm³/mol. The molecule has 0 saturated carbocycles. The molecule has 0 fully saturated rings. The van der Waals surface area contributed by atoms with E-state index in [0.29, 0.717) is 12.1 Å². The van der Waals surface area contributed by atoms with Crippen LogP contribution in [-0.2, 0) is 5.41 Å². The highest BCUT2D eigenvalue weighted by Crippen LogP contribution is 2.36. The van der Waals surface area contributed by atoms with Gasteiger partial charge in [-0.3, -0.25) is 4.79 Å². The molecule has 0 bridgehead atoms. The third-order valence-electron chi connectivity index (χ3n) is 4.24. The number of rotatable bonds is 2. The van der Waals surface area contributed by atoms with Crippen molar-refractivity contribution in [2.45, 2.75) is 32.1 Å². The Morgan fingerprint density at radius 2 is 1.91 bits per heavy atom. The van der Waals surface area contributed by atoms with Crippen molar-refractivity contribution >= 4 is 11.5 Å². The van der Waals surface area contributed by atoms with Gasteiger partial charge in [0.05, 0.1) is 5.92 Å². The normalized spacial score (nSPS) is 17.0. The van der Waals surface area contributed by atoms with Crippen LogP contribution in [0.4, 0.5) is 5.69 Å². The number of carbonyl (C=O) groups is 1. The fourth-order valence-electron chi connectivity index (χ4n) is 3.01. The molecule has 1 aliphatic rings. The summed E-state index contributed by atoms with van der Waals surface area (Å²) >= 11 is 0. The summed E-state index contributed by atoms with van der Waals surface area (Å²) in [6.07, 6.45) is 0. The summed E-state index contributed by atoms with van der Waals surface area (Å²) in [6, 6.07) is 13.1. The number of aromatic hydroxyl groups is 1. The highest BCUT2D eigenvalue weighted by Gasteiger charge is 2.30. The lowest BCUT2D eigenvalue weighted by molar-refractivity contribution is 0.0966. The van der Waals surface area contributed by atoms with Crippen molar-refractivity contribution in [1.82, 2.24) is 0 Å². The van der Waals surface area contributed by atoms with E-state index in [9.17, 15) is 9.90 Å². The van der Waals surface area contributed by atoms with Crippen LogP contribution < -0.4 is 5.32 Å². The maximum Gasteiger partial charge on any atom is 0.172 e. The number of anilines is 1. The van der Waals surface area contributed by atoms with Gasteiger partial charge in [0, 0.05) is 17.8 Å². The number of fused-ring (bicyclic) bond motifs is 1. The van der Waals surface area contributed by atoms with Crippen molar-refractivity contribution < 1.29 is 9.90 Å². The number of phenolic OH excluding ortho intramolecular Hbond substituents is 1. The molecule has 0 aliphatic carbocycles. The number of ketones is 1. The van der Waals surface area contributed by atoms with Gasteiger partial charge in [-0.1, -0.05) is 39.0 Å². The summed E-state index contributed by atoms with van der Waals surface area (Å²) < 4.78 is 0. The number of nitrogens with one attached hydrogen (secondary N) is 1. The molecule has 0 amide bonds. The maximum atomic E-state index is 12.9. The quantitative estimate of drug-likeness (QED) is 0.821. The minimum atomic E-state index is -0.202. The molecule has 1 unspecified atom stereocenters. The Bertz CT molecular complexity index is 728. The first-order valence-corrected chi connectivity index (χ1v) is 7.58. The van der Waals surface area contributed by atoms with E-state index in [-0.39, 0.29) is 22.9 Å². The average molecular weight is 295 g/mol. The molecule has 2 aromatic carbocycles. The van der Waals surface area contributed by atoms with Gasteiger partial charge in [0.1, 0.15) is 5.75 Å². The van der Waals surface area contributed by atoms with Gasteiger partial charge < -0.3 is 10.4 Å². The van der Waals surface area contributed by atoms with E-state index in [2.05, 4.69) is 5.32 Å². The third kappa shape index (κ3) is 2.47. The van der Waals surface area contributed by atoms with Crippen LogP contribution in [0.25, 0.3) is 0 Å². The molecule has 114 valence electrons. The lowest BCUT2D eigenvalue weighted by Crippen LogP contribution is -2.17. The van der Waals surface area contributed by atoms with Crippen LogP contribution in [0.2, 0.25) is 0 Å². The van der Waals surface area contributed by atoms with Crippen LogP contribution in [0, 0.1) is 0 Å². The molecule has 3 nitrogen and oxygen atoms in total. The zero-order chi connectivity index (χ0) is 15.9. The van der Waals surface area contributed by atoms with Gasteiger partial charge in [-0.2, -0.15) is 0 Å². The monoisotopic (exact) mass is 295 g/mol. The summed E-state index contributed by atoms with van der Waals surface area (Å²) in [5.74, 6) is 0.186. The topological polar surface area (TPSA) is 49.3 Å². The standard InChI is InChI=1S/C19H21NO2/c1-19(2,3)15-10-12(8-9-17(15)21)18(22)14-11-20-16-7-5-4-6-13(14)16/h4-10,14,20-21H,11H2,1-3H3. The fraction of sp³-hybridized carbons (Fsp3) is 0.316. The van der Waals surface area contributed by atoms with E-state index in [1.54, 1.807) is 12.1 Å². The number of carbonyl (C=O) groups excluding carboxylic acids is 1. The Morgan fingerprint density at radius 3 is 2.64 bits per heavy atom. The minimum Gasteiger partial charge on any atom is -0.508 e. The van der Waals surface area contributed by atoms with Crippen LogP contribution in [0.15, 0.2) is 42.5 Å². The SMILES string of the molecule is CC(C)(C)c1cc(C(=O)C2CNc3ccccc32)ccc1O. The molecule has 0 saturated heterocycles. The zero-order valence-corrected chi connectivity index (χ0v) is 13.2. The third-order valence-corrected chi connectivity index (χ3v) is 4.24. The number of para-hydroxylation sites is 1. The maximum absolute atomic E-state index is 12.9. The largest absolute Gasteiger partial charge is 0.508 e. The van der Waals surface area contributed by atoms with E-state index >= 15 is 0 Å². The average Bonchev–Trinajstić information content (AvgIpc) is 2.89. The first-order valence-electron chi connectivity index (χ1n) is 7.58. The first kappa shape index (κ1) is 14.6. The van der Waals surface area contributed by atoms with Crippen molar-refractivity contribution in [3.63, 3.8) is 0 Å². The second kappa shape index (κ2) is 5.16. The smallest absolute Gasteiger partial charge is 0.172 e. The van der Waals surface area contributed by atoms with Crippen LogP contribution in [0.3, 0.4) is 0 Å². The molecule has 1 heterocycles. The van der Waals surface area contributed by atoms with E-state index < -0.39 is 0 Å². The van der Waals surface area contributed by atoms with Gasteiger partial charge in [0.2, 0.25) is 0 Å². The molecule has 2 N–H and O–H groups in total. The van der Waals surface area contributed by atoms with Gasteiger partial charge in [0.25, 0.3) is 0 Å². The van der Waals surface area contributed by atoms with Crippen molar-refractivity contribution in [3.8, 4) is 5.75 Å². The summed E-state index contributed by atoms with van der Waals surface area (Å²) in [7, 11) is 0. The number of hydrogen-bond donors (Lipinski definition) is 2. The van der Waals surface area contributed by atoms with Gasteiger partial charge in [0.15, 0.2) is 5.78 Å². The second-order valence-electron chi connectivity index (χ2n) is 6.87. The summed E-state index contributed by atoms with van der Waals surface area (Å²) in [5.41, 5.74) is 3.35. The summed E-state index contributed by atoms with van der Waals surface area (Å²) in [4.78, 5) is 12.9. The number of benzene rings is 2. The molecule has 3 rings (SSSR count). The van der Waals surface area contributed by atoms with Crippen LogP contribution >= 0.6 is 0 Å². The predicted octanol–water partition coefficient (Wildman–Crippen LogP) is 4.08. The molecular formula is C19H21NO2. The molecular weight excluding hydrogens is 274 g/mol. The molecule has 3 heteroatoms. The molecule has 0 radical (unpaired) electrons. The van der Waals surface area contributed by atoms with Crippen molar-refractivity contribution in [1.29, 1.82) is 0 Å². The Morgan fingerprint density at radius 1 is 1.18 bits per heavy atom. The molecule has 2 aromatic rings. The van der Waals surface area contributed by atoms with Crippen LogP contribution in [0.1, 0.15) is 48.2 Å². The van der Waals surface area contributed by atoms with Gasteiger partial charge in [-0.15, -0.1) is 0 Å². The molecule has 22 heavy (non-hydrogen) atoms.